The normalized spacial score (nSPS) is 16.9. The molecule has 6 nitrogen and oxygen atoms in total. The minimum absolute atomic E-state index is 0.622. The molecule has 1 aliphatic heterocycles. The molecule has 0 amide bonds. The van der Waals surface area contributed by atoms with Gasteiger partial charge in [0.2, 0.25) is 5.88 Å². The Morgan fingerprint density at radius 3 is 2.89 bits per heavy atom. The summed E-state index contributed by atoms with van der Waals surface area (Å²) in [5, 5.41) is 3.35. The van der Waals surface area contributed by atoms with Crippen LogP contribution in [0.4, 0.5) is 0 Å². The highest BCUT2D eigenvalue weighted by Gasteiger charge is 2.13. The van der Waals surface area contributed by atoms with Crippen molar-refractivity contribution in [2.45, 2.75) is 13.5 Å². The first-order valence-corrected chi connectivity index (χ1v) is 6.76. The summed E-state index contributed by atoms with van der Waals surface area (Å²) in [5.41, 5.74) is 1.70. The number of nitrogens with one attached hydrogen (secondary N) is 2. The van der Waals surface area contributed by atoms with E-state index in [1.165, 1.54) is 0 Å². The second kappa shape index (κ2) is 5.54. The summed E-state index contributed by atoms with van der Waals surface area (Å²) in [5.74, 6) is 1.60. The topological polar surface area (TPSA) is 66.1 Å². The molecule has 0 atom stereocenters. The first kappa shape index (κ1) is 12.4. The molecule has 1 fully saturated rings. The molecule has 0 bridgehead atoms. The zero-order valence-corrected chi connectivity index (χ0v) is 11.1. The van der Waals surface area contributed by atoms with Crippen LogP contribution in [-0.4, -0.2) is 52.6 Å². The molecular weight excluding hydrogens is 242 g/mol. The fraction of sp³-hybridized carbons (Fsp3) is 0.538. The van der Waals surface area contributed by atoms with Gasteiger partial charge in [-0.25, -0.2) is 4.98 Å². The maximum atomic E-state index is 5.39. The van der Waals surface area contributed by atoms with Gasteiger partial charge in [-0.1, -0.05) is 0 Å². The summed E-state index contributed by atoms with van der Waals surface area (Å²) in [7, 11) is 0. The van der Waals surface area contributed by atoms with Gasteiger partial charge in [0.05, 0.1) is 18.7 Å². The summed E-state index contributed by atoms with van der Waals surface area (Å²) in [6, 6.07) is 3.85. The van der Waals surface area contributed by atoms with E-state index in [9.17, 15) is 0 Å². The van der Waals surface area contributed by atoms with Crippen molar-refractivity contribution in [3.05, 3.63) is 18.0 Å². The Morgan fingerprint density at radius 1 is 1.26 bits per heavy atom. The van der Waals surface area contributed by atoms with E-state index in [2.05, 4.69) is 25.2 Å². The lowest BCUT2D eigenvalue weighted by Gasteiger charge is -2.26. The highest BCUT2D eigenvalue weighted by Crippen LogP contribution is 2.15. The van der Waals surface area contributed by atoms with E-state index < -0.39 is 0 Å². The van der Waals surface area contributed by atoms with Crippen LogP contribution in [0.2, 0.25) is 0 Å². The van der Waals surface area contributed by atoms with Crippen LogP contribution in [0.15, 0.2) is 12.1 Å². The summed E-state index contributed by atoms with van der Waals surface area (Å²) in [6.45, 7) is 7.65. The van der Waals surface area contributed by atoms with Gasteiger partial charge in [-0.05, 0) is 13.0 Å². The zero-order valence-electron chi connectivity index (χ0n) is 11.1. The molecule has 1 aliphatic rings. The Hall–Kier alpha value is -1.66. The van der Waals surface area contributed by atoms with Crippen LogP contribution in [-0.2, 0) is 6.54 Å². The number of pyridine rings is 1. The molecule has 3 rings (SSSR count). The molecule has 0 aromatic carbocycles. The van der Waals surface area contributed by atoms with Crippen LogP contribution in [0.5, 0.6) is 5.88 Å². The molecule has 2 aromatic heterocycles. The average Bonchev–Trinajstić information content (AvgIpc) is 2.82. The standard InChI is InChI=1S/C13H19N5O/c1-2-19-12-4-3-10-13(17-12)16-11(15-10)9-18-7-5-14-6-8-18/h3-4,14H,2,5-9H2,1H3,(H,15,16,17). The lowest BCUT2D eigenvalue weighted by molar-refractivity contribution is 0.229. The van der Waals surface area contributed by atoms with E-state index in [1.54, 1.807) is 0 Å². The van der Waals surface area contributed by atoms with Gasteiger partial charge in [0.1, 0.15) is 5.82 Å². The maximum Gasteiger partial charge on any atom is 0.215 e. The average molecular weight is 261 g/mol. The van der Waals surface area contributed by atoms with Gasteiger partial charge >= 0.3 is 0 Å². The molecule has 6 heteroatoms. The van der Waals surface area contributed by atoms with Crippen molar-refractivity contribution in [2.24, 2.45) is 0 Å². The smallest absolute Gasteiger partial charge is 0.215 e. The van der Waals surface area contributed by atoms with Gasteiger partial charge in [0.15, 0.2) is 5.65 Å². The van der Waals surface area contributed by atoms with Gasteiger partial charge in [-0.15, -0.1) is 0 Å². The summed E-state index contributed by atoms with van der Waals surface area (Å²) in [4.78, 5) is 14.6. The van der Waals surface area contributed by atoms with Gasteiger partial charge in [-0.3, -0.25) is 4.90 Å². The number of fused-ring (bicyclic) bond motifs is 1. The zero-order chi connectivity index (χ0) is 13.1. The largest absolute Gasteiger partial charge is 0.478 e. The van der Waals surface area contributed by atoms with Crippen LogP contribution in [0, 0.1) is 0 Å². The first-order chi connectivity index (χ1) is 9.35. The molecule has 0 aliphatic carbocycles. The molecule has 19 heavy (non-hydrogen) atoms. The summed E-state index contributed by atoms with van der Waals surface area (Å²) in [6.07, 6.45) is 0. The van der Waals surface area contributed by atoms with Gasteiger partial charge in [-0.2, -0.15) is 4.98 Å². The van der Waals surface area contributed by atoms with Crippen molar-refractivity contribution >= 4 is 11.2 Å². The van der Waals surface area contributed by atoms with Crippen LogP contribution in [0.25, 0.3) is 11.2 Å². The fourth-order valence-corrected chi connectivity index (χ4v) is 2.31. The van der Waals surface area contributed by atoms with E-state index >= 15 is 0 Å². The number of ether oxygens (including phenoxy) is 1. The Bertz CT molecular complexity index is 547. The molecule has 0 saturated carbocycles. The Morgan fingerprint density at radius 2 is 2.11 bits per heavy atom. The van der Waals surface area contributed by atoms with Gasteiger partial charge < -0.3 is 15.0 Å². The number of hydrogen-bond donors (Lipinski definition) is 2. The monoisotopic (exact) mass is 261 g/mol. The molecule has 2 aromatic rings. The highest BCUT2D eigenvalue weighted by atomic mass is 16.5. The highest BCUT2D eigenvalue weighted by molar-refractivity contribution is 5.71. The van der Waals surface area contributed by atoms with Crippen molar-refractivity contribution in [1.82, 2.24) is 25.2 Å². The van der Waals surface area contributed by atoms with Crippen LogP contribution >= 0.6 is 0 Å². The number of hydrogen-bond acceptors (Lipinski definition) is 5. The van der Waals surface area contributed by atoms with E-state index in [0.717, 1.165) is 49.7 Å². The van der Waals surface area contributed by atoms with Crippen molar-refractivity contribution in [3.63, 3.8) is 0 Å². The van der Waals surface area contributed by atoms with Crippen molar-refractivity contribution < 1.29 is 4.74 Å². The van der Waals surface area contributed by atoms with Crippen molar-refractivity contribution in [2.75, 3.05) is 32.8 Å². The Kier molecular flexibility index (Phi) is 3.61. The van der Waals surface area contributed by atoms with E-state index in [0.29, 0.717) is 12.5 Å². The number of H-pyrrole nitrogens is 1. The SMILES string of the molecule is CCOc1ccc2[nH]c(CN3CCNCC3)nc2n1. The minimum Gasteiger partial charge on any atom is -0.478 e. The quantitative estimate of drug-likeness (QED) is 0.850. The third-order valence-corrected chi connectivity index (χ3v) is 3.24. The first-order valence-electron chi connectivity index (χ1n) is 6.76. The molecular formula is C13H19N5O. The van der Waals surface area contributed by atoms with Crippen molar-refractivity contribution in [3.8, 4) is 5.88 Å². The van der Waals surface area contributed by atoms with Crippen LogP contribution < -0.4 is 10.1 Å². The molecule has 1 saturated heterocycles. The van der Waals surface area contributed by atoms with E-state index in [4.69, 9.17) is 4.74 Å². The number of aromatic amines is 1. The van der Waals surface area contributed by atoms with Gasteiger partial charge in [0.25, 0.3) is 0 Å². The van der Waals surface area contributed by atoms with E-state index in [-0.39, 0.29) is 0 Å². The minimum atomic E-state index is 0.622. The predicted molar refractivity (Wildman–Crippen MR) is 73.2 cm³/mol. The predicted octanol–water partition coefficient (Wildman–Crippen LogP) is 0.762. The maximum absolute atomic E-state index is 5.39. The fourth-order valence-electron chi connectivity index (χ4n) is 2.31. The third kappa shape index (κ3) is 2.85. The van der Waals surface area contributed by atoms with Crippen molar-refractivity contribution in [1.29, 1.82) is 0 Å². The van der Waals surface area contributed by atoms with Crippen LogP contribution in [0.1, 0.15) is 12.7 Å². The number of rotatable bonds is 4. The van der Waals surface area contributed by atoms with Gasteiger partial charge in [0, 0.05) is 32.2 Å². The Labute approximate surface area is 112 Å². The molecule has 2 N–H and O–H groups in total. The molecule has 0 radical (unpaired) electrons. The number of nitrogens with zero attached hydrogens (tertiary/aromatic N) is 3. The van der Waals surface area contributed by atoms with Crippen LogP contribution in [0.3, 0.4) is 0 Å². The molecule has 0 spiro atoms. The number of aromatic nitrogens is 3. The molecule has 102 valence electrons. The second-order valence-electron chi connectivity index (χ2n) is 4.66. The number of imidazole rings is 1. The summed E-state index contributed by atoms with van der Waals surface area (Å²) < 4.78 is 5.39. The summed E-state index contributed by atoms with van der Waals surface area (Å²) >= 11 is 0. The third-order valence-electron chi connectivity index (χ3n) is 3.24. The van der Waals surface area contributed by atoms with E-state index in [1.807, 2.05) is 19.1 Å². The molecule has 0 unspecified atom stereocenters. The second-order valence-corrected chi connectivity index (χ2v) is 4.66. The molecule has 3 heterocycles. The lowest BCUT2D eigenvalue weighted by Crippen LogP contribution is -2.43. The Balaban J connectivity index is 1.76. The lowest BCUT2D eigenvalue weighted by atomic mass is 10.3. The number of piperazine rings is 1.